The Hall–Kier alpha value is -2.07. The lowest BCUT2D eigenvalue weighted by atomic mass is 10.3. The predicted molar refractivity (Wildman–Crippen MR) is 81.5 cm³/mol. The maximum absolute atomic E-state index is 12.3. The van der Waals surface area contributed by atoms with Gasteiger partial charge in [0, 0.05) is 5.69 Å². The largest absolute Gasteiger partial charge is 0.516 e. The molecule has 1 aromatic carbocycles. The third kappa shape index (κ3) is 4.06. The standard InChI is InChI=1S/C13H11ClF3N3O3S/c1-2-10-11(14)12(19-7-18-10)23-9-5-3-8(4-6-9)20-24(21,22)13(15,16)17/h3-7,20H,2H2,1H3. The van der Waals surface area contributed by atoms with Crippen molar-refractivity contribution < 1.29 is 26.3 Å². The van der Waals surface area contributed by atoms with E-state index in [0.29, 0.717) is 12.1 Å². The Kier molecular flexibility index (Phi) is 5.19. The number of hydrogen-bond donors (Lipinski definition) is 1. The first-order valence-electron chi connectivity index (χ1n) is 6.50. The highest BCUT2D eigenvalue weighted by Crippen LogP contribution is 2.30. The van der Waals surface area contributed by atoms with Crippen molar-refractivity contribution in [3.63, 3.8) is 0 Å². The van der Waals surface area contributed by atoms with E-state index in [0.717, 1.165) is 12.1 Å². The highest BCUT2D eigenvalue weighted by atomic mass is 35.5. The summed E-state index contributed by atoms with van der Waals surface area (Å²) in [4.78, 5) is 7.84. The normalized spacial score (nSPS) is 12.0. The molecule has 0 fully saturated rings. The fraction of sp³-hybridized carbons (Fsp3) is 0.231. The maximum Gasteiger partial charge on any atom is 0.516 e. The van der Waals surface area contributed by atoms with Crippen molar-refractivity contribution in [3.05, 3.63) is 41.3 Å². The van der Waals surface area contributed by atoms with Crippen LogP contribution in [0, 0.1) is 0 Å². The molecule has 0 aliphatic carbocycles. The van der Waals surface area contributed by atoms with Crippen molar-refractivity contribution >= 4 is 27.3 Å². The summed E-state index contributed by atoms with van der Waals surface area (Å²) in [5, 5.41) is 0.224. The van der Waals surface area contributed by atoms with Crippen molar-refractivity contribution in [2.75, 3.05) is 4.72 Å². The zero-order valence-corrected chi connectivity index (χ0v) is 13.7. The second-order valence-electron chi connectivity index (χ2n) is 4.47. The Labute approximate surface area is 140 Å². The highest BCUT2D eigenvalue weighted by molar-refractivity contribution is 7.93. The van der Waals surface area contributed by atoms with E-state index < -0.39 is 15.5 Å². The molecule has 0 unspecified atom stereocenters. The topological polar surface area (TPSA) is 81.2 Å². The van der Waals surface area contributed by atoms with E-state index >= 15 is 0 Å². The number of aromatic nitrogens is 2. The molecule has 0 aliphatic rings. The SMILES string of the molecule is CCc1ncnc(Oc2ccc(NS(=O)(=O)C(F)(F)F)cc2)c1Cl. The maximum atomic E-state index is 12.3. The van der Waals surface area contributed by atoms with Gasteiger partial charge in [-0.25, -0.2) is 9.97 Å². The number of rotatable bonds is 5. The number of aryl methyl sites for hydroxylation is 1. The van der Waals surface area contributed by atoms with Gasteiger partial charge in [0.2, 0.25) is 5.88 Å². The third-order valence-electron chi connectivity index (χ3n) is 2.79. The van der Waals surface area contributed by atoms with Gasteiger partial charge in [-0.15, -0.1) is 0 Å². The Morgan fingerprint density at radius 3 is 2.38 bits per heavy atom. The number of nitrogens with zero attached hydrogens (tertiary/aromatic N) is 2. The Morgan fingerprint density at radius 1 is 1.21 bits per heavy atom. The van der Waals surface area contributed by atoms with Gasteiger partial charge >= 0.3 is 15.5 Å². The van der Waals surface area contributed by atoms with Gasteiger partial charge in [0.15, 0.2) is 0 Å². The van der Waals surface area contributed by atoms with Crippen molar-refractivity contribution in [3.8, 4) is 11.6 Å². The van der Waals surface area contributed by atoms with Gasteiger partial charge in [0.25, 0.3) is 0 Å². The van der Waals surface area contributed by atoms with E-state index in [-0.39, 0.29) is 22.3 Å². The third-order valence-corrected chi connectivity index (χ3v) is 4.28. The number of hydrogen-bond acceptors (Lipinski definition) is 5. The van der Waals surface area contributed by atoms with E-state index in [2.05, 4.69) is 9.97 Å². The average Bonchev–Trinajstić information content (AvgIpc) is 2.50. The minimum absolute atomic E-state index is 0.0899. The molecule has 0 radical (unpaired) electrons. The number of sulfonamides is 1. The van der Waals surface area contributed by atoms with Crippen LogP contribution in [0.3, 0.4) is 0 Å². The molecular weight excluding hydrogens is 371 g/mol. The molecule has 0 saturated heterocycles. The van der Waals surface area contributed by atoms with Crippen LogP contribution in [0.15, 0.2) is 30.6 Å². The first kappa shape index (κ1) is 18.3. The lowest BCUT2D eigenvalue weighted by Gasteiger charge is -2.11. The minimum atomic E-state index is -5.47. The molecule has 2 rings (SSSR count). The lowest BCUT2D eigenvalue weighted by Crippen LogP contribution is -2.29. The molecule has 6 nitrogen and oxygen atoms in total. The van der Waals surface area contributed by atoms with Gasteiger partial charge in [0.05, 0.1) is 5.69 Å². The smallest absolute Gasteiger partial charge is 0.437 e. The quantitative estimate of drug-likeness (QED) is 0.853. The highest BCUT2D eigenvalue weighted by Gasteiger charge is 2.46. The van der Waals surface area contributed by atoms with Crippen LogP contribution < -0.4 is 9.46 Å². The number of nitrogens with one attached hydrogen (secondary N) is 1. The number of ether oxygens (including phenoxy) is 1. The molecule has 1 heterocycles. The van der Waals surface area contributed by atoms with Crippen LogP contribution in [-0.2, 0) is 16.4 Å². The van der Waals surface area contributed by atoms with E-state index in [9.17, 15) is 21.6 Å². The van der Waals surface area contributed by atoms with Crippen LogP contribution in [-0.4, -0.2) is 23.9 Å². The zero-order valence-electron chi connectivity index (χ0n) is 12.1. The Morgan fingerprint density at radius 2 is 1.83 bits per heavy atom. The molecule has 0 saturated carbocycles. The van der Waals surface area contributed by atoms with Crippen molar-refractivity contribution in [2.45, 2.75) is 18.9 Å². The summed E-state index contributed by atoms with van der Waals surface area (Å²) in [6.45, 7) is 1.85. The number of benzene rings is 1. The number of anilines is 1. The van der Waals surface area contributed by atoms with Crippen LogP contribution >= 0.6 is 11.6 Å². The molecule has 0 spiro atoms. The van der Waals surface area contributed by atoms with Crippen LogP contribution in [0.2, 0.25) is 5.02 Å². The zero-order chi connectivity index (χ0) is 18.0. The summed E-state index contributed by atoms with van der Waals surface area (Å²) in [6, 6.07) is 4.79. The molecule has 24 heavy (non-hydrogen) atoms. The second-order valence-corrected chi connectivity index (χ2v) is 6.52. The van der Waals surface area contributed by atoms with E-state index in [4.69, 9.17) is 16.3 Å². The lowest BCUT2D eigenvalue weighted by molar-refractivity contribution is -0.0429. The minimum Gasteiger partial charge on any atom is -0.437 e. The van der Waals surface area contributed by atoms with Crippen molar-refractivity contribution in [1.29, 1.82) is 0 Å². The molecule has 1 aromatic heterocycles. The van der Waals surface area contributed by atoms with E-state index in [1.54, 1.807) is 0 Å². The van der Waals surface area contributed by atoms with E-state index in [1.807, 2.05) is 6.92 Å². The Balaban J connectivity index is 2.16. The first-order valence-corrected chi connectivity index (χ1v) is 8.36. The fourth-order valence-corrected chi connectivity index (χ4v) is 2.45. The molecule has 11 heteroatoms. The van der Waals surface area contributed by atoms with E-state index in [1.165, 1.54) is 23.2 Å². The summed E-state index contributed by atoms with van der Waals surface area (Å²) in [7, 11) is -5.47. The molecule has 0 aliphatic heterocycles. The van der Waals surface area contributed by atoms with Crippen LogP contribution in [0.5, 0.6) is 11.6 Å². The van der Waals surface area contributed by atoms with Crippen molar-refractivity contribution in [1.82, 2.24) is 9.97 Å². The van der Waals surface area contributed by atoms with Gasteiger partial charge < -0.3 is 4.74 Å². The first-order chi connectivity index (χ1) is 11.1. The average molecular weight is 382 g/mol. The van der Waals surface area contributed by atoms with Gasteiger partial charge in [-0.1, -0.05) is 18.5 Å². The fourth-order valence-electron chi connectivity index (χ4n) is 1.62. The summed E-state index contributed by atoms with van der Waals surface area (Å²) >= 11 is 6.06. The molecule has 0 amide bonds. The van der Waals surface area contributed by atoms with Crippen molar-refractivity contribution in [2.24, 2.45) is 0 Å². The Bertz CT molecular complexity index is 827. The van der Waals surface area contributed by atoms with Gasteiger partial charge in [-0.05, 0) is 30.7 Å². The second kappa shape index (κ2) is 6.81. The van der Waals surface area contributed by atoms with Crippen LogP contribution in [0.4, 0.5) is 18.9 Å². The van der Waals surface area contributed by atoms with Gasteiger partial charge in [0.1, 0.15) is 17.1 Å². The molecule has 0 atom stereocenters. The molecule has 0 bridgehead atoms. The monoisotopic (exact) mass is 381 g/mol. The van der Waals surface area contributed by atoms with Gasteiger partial charge in [-0.2, -0.15) is 21.6 Å². The molecular formula is C13H11ClF3N3O3S. The summed E-state index contributed by atoms with van der Waals surface area (Å²) in [5.74, 6) is 0.305. The summed E-state index contributed by atoms with van der Waals surface area (Å²) in [5.41, 5.74) is -5.08. The number of halogens is 4. The van der Waals surface area contributed by atoms with Crippen LogP contribution in [0.1, 0.15) is 12.6 Å². The molecule has 130 valence electrons. The summed E-state index contributed by atoms with van der Waals surface area (Å²) in [6.07, 6.45) is 1.84. The predicted octanol–water partition coefficient (Wildman–Crippen LogP) is 3.75. The molecule has 1 N–H and O–H groups in total. The van der Waals surface area contributed by atoms with Gasteiger partial charge in [-0.3, -0.25) is 4.72 Å². The number of alkyl halides is 3. The molecule has 2 aromatic rings. The van der Waals surface area contributed by atoms with Crippen LogP contribution in [0.25, 0.3) is 0 Å². The summed E-state index contributed by atoms with van der Waals surface area (Å²) < 4.78 is 65.8.